The van der Waals surface area contributed by atoms with Crippen molar-refractivity contribution in [3.05, 3.63) is 46.8 Å². The predicted molar refractivity (Wildman–Crippen MR) is 109 cm³/mol. The number of nitrogens with one attached hydrogen (secondary N) is 1. The molecule has 1 aliphatic heterocycles. The molecule has 0 atom stereocenters. The monoisotopic (exact) mass is 382 g/mol. The first kappa shape index (κ1) is 19.0. The van der Waals surface area contributed by atoms with Crippen molar-refractivity contribution in [2.45, 2.75) is 38.5 Å². The van der Waals surface area contributed by atoms with E-state index >= 15 is 0 Å². The Balaban J connectivity index is 1.23. The topological polar surface area (TPSA) is 61.5 Å². The van der Waals surface area contributed by atoms with Gasteiger partial charge in [-0.2, -0.15) is 5.10 Å². The highest BCUT2D eigenvalue weighted by Gasteiger charge is 2.27. The molecule has 1 fully saturated rings. The fraction of sp³-hybridized carbons (Fsp3) is 0.545. The van der Waals surface area contributed by atoms with Gasteiger partial charge in [-0.05, 0) is 62.8 Å². The maximum Gasteiger partial charge on any atom is 0.274 e. The smallest absolute Gasteiger partial charge is 0.274 e. The largest absolute Gasteiger partial charge is 0.497 e. The fourth-order valence-electron chi connectivity index (χ4n) is 4.28. The second-order valence-corrected chi connectivity index (χ2v) is 7.82. The van der Waals surface area contributed by atoms with Gasteiger partial charge in [-0.15, -0.1) is 0 Å². The van der Waals surface area contributed by atoms with Gasteiger partial charge in [0.15, 0.2) is 5.69 Å². The number of H-pyrrole nitrogens is 1. The van der Waals surface area contributed by atoms with Crippen molar-refractivity contribution in [2.24, 2.45) is 0 Å². The molecule has 6 heteroatoms. The quantitative estimate of drug-likeness (QED) is 0.834. The molecule has 1 saturated heterocycles. The number of fused-ring (bicyclic) bond motifs is 1. The van der Waals surface area contributed by atoms with Crippen LogP contribution < -0.4 is 4.74 Å². The second kappa shape index (κ2) is 8.78. The first-order valence-electron chi connectivity index (χ1n) is 10.5. The number of piperazine rings is 1. The zero-order valence-corrected chi connectivity index (χ0v) is 16.7. The van der Waals surface area contributed by atoms with E-state index in [0.717, 1.165) is 76.1 Å². The van der Waals surface area contributed by atoms with Gasteiger partial charge >= 0.3 is 0 Å². The summed E-state index contributed by atoms with van der Waals surface area (Å²) in [6.45, 7) is 4.56. The molecule has 0 unspecified atom stereocenters. The van der Waals surface area contributed by atoms with E-state index in [1.165, 1.54) is 17.7 Å². The minimum atomic E-state index is 0.109. The molecule has 0 bridgehead atoms. The number of carbonyl (C=O) groups excluding carboxylic acids is 1. The van der Waals surface area contributed by atoms with Crippen LogP contribution in [0.4, 0.5) is 0 Å². The van der Waals surface area contributed by atoms with E-state index in [0.29, 0.717) is 5.69 Å². The normalized spacial score (nSPS) is 17.4. The van der Waals surface area contributed by atoms with Gasteiger partial charge < -0.3 is 9.64 Å². The SMILES string of the molecule is COc1ccc(CCCN2CCN(C(=O)c3n[nH]c4c3CCCC4)CC2)cc1. The lowest BCUT2D eigenvalue weighted by Gasteiger charge is -2.34. The van der Waals surface area contributed by atoms with Crippen molar-refractivity contribution in [3.63, 3.8) is 0 Å². The van der Waals surface area contributed by atoms with E-state index in [2.05, 4.69) is 27.2 Å². The van der Waals surface area contributed by atoms with Crippen molar-refractivity contribution in [2.75, 3.05) is 39.8 Å². The van der Waals surface area contributed by atoms with Crippen LogP contribution in [0.1, 0.15) is 46.6 Å². The molecular weight excluding hydrogens is 352 g/mol. The first-order chi connectivity index (χ1) is 13.7. The Hall–Kier alpha value is -2.34. The first-order valence-corrected chi connectivity index (χ1v) is 10.5. The molecule has 1 aromatic heterocycles. The summed E-state index contributed by atoms with van der Waals surface area (Å²) >= 11 is 0. The summed E-state index contributed by atoms with van der Waals surface area (Å²) in [5.41, 5.74) is 4.35. The molecule has 0 saturated carbocycles. The minimum Gasteiger partial charge on any atom is -0.497 e. The minimum absolute atomic E-state index is 0.109. The van der Waals surface area contributed by atoms with Crippen LogP contribution in [0.5, 0.6) is 5.75 Å². The molecule has 2 heterocycles. The molecule has 6 nitrogen and oxygen atoms in total. The Morgan fingerprint density at radius 1 is 1.11 bits per heavy atom. The average Bonchev–Trinajstić information content (AvgIpc) is 3.18. The molecule has 1 aromatic carbocycles. The Kier molecular flexibility index (Phi) is 5.95. The summed E-state index contributed by atoms with van der Waals surface area (Å²) in [7, 11) is 1.69. The number of aryl methyl sites for hydroxylation is 2. The van der Waals surface area contributed by atoms with E-state index in [-0.39, 0.29) is 5.91 Å². The fourth-order valence-corrected chi connectivity index (χ4v) is 4.28. The summed E-state index contributed by atoms with van der Waals surface area (Å²) in [6.07, 6.45) is 6.57. The molecule has 1 N–H and O–H groups in total. The number of benzene rings is 1. The third-order valence-electron chi connectivity index (χ3n) is 6.02. The number of hydrogen-bond donors (Lipinski definition) is 1. The number of methoxy groups -OCH3 is 1. The van der Waals surface area contributed by atoms with Crippen LogP contribution in [0.25, 0.3) is 0 Å². The summed E-state index contributed by atoms with van der Waals surface area (Å²) in [5, 5.41) is 7.44. The molecule has 1 aliphatic carbocycles. The van der Waals surface area contributed by atoms with E-state index in [9.17, 15) is 4.79 Å². The summed E-state index contributed by atoms with van der Waals surface area (Å²) in [4.78, 5) is 17.3. The summed E-state index contributed by atoms with van der Waals surface area (Å²) in [6, 6.07) is 8.32. The number of nitrogens with zero attached hydrogens (tertiary/aromatic N) is 3. The molecule has 2 aromatic rings. The summed E-state index contributed by atoms with van der Waals surface area (Å²) < 4.78 is 5.21. The van der Waals surface area contributed by atoms with Crippen LogP contribution in [0, 0.1) is 0 Å². The zero-order valence-electron chi connectivity index (χ0n) is 16.7. The third kappa shape index (κ3) is 4.22. The van der Waals surface area contributed by atoms with E-state index in [1.807, 2.05) is 17.0 Å². The van der Waals surface area contributed by atoms with Crippen LogP contribution in [-0.2, 0) is 19.3 Å². The predicted octanol–water partition coefficient (Wildman–Crippen LogP) is 2.69. The molecule has 0 radical (unpaired) electrons. The van der Waals surface area contributed by atoms with Gasteiger partial charge in [0.25, 0.3) is 5.91 Å². The van der Waals surface area contributed by atoms with Crippen LogP contribution in [0.2, 0.25) is 0 Å². The van der Waals surface area contributed by atoms with Crippen molar-refractivity contribution in [1.29, 1.82) is 0 Å². The number of amides is 1. The van der Waals surface area contributed by atoms with Crippen molar-refractivity contribution < 1.29 is 9.53 Å². The third-order valence-corrected chi connectivity index (χ3v) is 6.02. The maximum atomic E-state index is 12.9. The molecule has 4 rings (SSSR count). The highest BCUT2D eigenvalue weighted by Crippen LogP contribution is 2.23. The number of ether oxygens (including phenoxy) is 1. The zero-order chi connectivity index (χ0) is 19.3. The summed E-state index contributed by atoms with van der Waals surface area (Å²) in [5.74, 6) is 1.01. The van der Waals surface area contributed by atoms with Crippen LogP contribution in [0.15, 0.2) is 24.3 Å². The average molecular weight is 383 g/mol. The molecule has 0 spiro atoms. The Morgan fingerprint density at radius 2 is 1.86 bits per heavy atom. The molecule has 2 aliphatic rings. The molecule has 28 heavy (non-hydrogen) atoms. The number of carbonyl (C=O) groups is 1. The Bertz CT molecular complexity index is 791. The van der Waals surface area contributed by atoms with Crippen LogP contribution in [-0.4, -0.2) is 65.7 Å². The van der Waals surface area contributed by atoms with Gasteiger partial charge in [0.2, 0.25) is 0 Å². The van der Waals surface area contributed by atoms with Gasteiger partial charge in [-0.1, -0.05) is 12.1 Å². The van der Waals surface area contributed by atoms with Gasteiger partial charge in [0, 0.05) is 37.4 Å². The molecule has 1 amide bonds. The van der Waals surface area contributed by atoms with Crippen LogP contribution >= 0.6 is 0 Å². The van der Waals surface area contributed by atoms with Gasteiger partial charge in [0.1, 0.15) is 5.75 Å². The van der Waals surface area contributed by atoms with Crippen molar-refractivity contribution in [3.8, 4) is 5.75 Å². The Morgan fingerprint density at radius 3 is 2.61 bits per heavy atom. The number of rotatable bonds is 6. The van der Waals surface area contributed by atoms with Gasteiger partial charge in [-0.25, -0.2) is 0 Å². The van der Waals surface area contributed by atoms with E-state index in [1.54, 1.807) is 7.11 Å². The number of aromatic nitrogens is 2. The lowest BCUT2D eigenvalue weighted by molar-refractivity contribution is 0.0629. The number of hydrogen-bond acceptors (Lipinski definition) is 4. The van der Waals surface area contributed by atoms with Crippen molar-refractivity contribution >= 4 is 5.91 Å². The maximum absolute atomic E-state index is 12.9. The van der Waals surface area contributed by atoms with E-state index < -0.39 is 0 Å². The lowest BCUT2D eigenvalue weighted by atomic mass is 9.95. The van der Waals surface area contributed by atoms with Gasteiger partial charge in [0.05, 0.1) is 7.11 Å². The van der Waals surface area contributed by atoms with Crippen LogP contribution in [0.3, 0.4) is 0 Å². The lowest BCUT2D eigenvalue weighted by Crippen LogP contribution is -2.49. The second-order valence-electron chi connectivity index (χ2n) is 7.82. The Labute approximate surface area is 166 Å². The molecule has 150 valence electrons. The highest BCUT2D eigenvalue weighted by atomic mass is 16.5. The number of aromatic amines is 1. The molecular formula is C22H30N4O2. The highest BCUT2D eigenvalue weighted by molar-refractivity contribution is 5.94. The van der Waals surface area contributed by atoms with Crippen molar-refractivity contribution in [1.82, 2.24) is 20.0 Å². The van der Waals surface area contributed by atoms with E-state index in [4.69, 9.17) is 4.74 Å². The standard InChI is InChI=1S/C22H30N4O2/c1-28-18-10-8-17(9-11-18)5-4-12-25-13-15-26(16-14-25)22(27)21-19-6-2-3-7-20(19)23-24-21/h8-11H,2-7,12-16H2,1H3,(H,23,24). The van der Waals surface area contributed by atoms with Gasteiger partial charge in [-0.3, -0.25) is 14.8 Å².